The molecule has 18 heavy (non-hydrogen) atoms. The molecule has 0 unspecified atom stereocenters. The summed E-state index contributed by atoms with van der Waals surface area (Å²) in [4.78, 5) is 1.86. The lowest BCUT2D eigenvalue weighted by atomic mass is 10.2. The summed E-state index contributed by atoms with van der Waals surface area (Å²) in [6, 6.07) is 9.19. The maximum absolute atomic E-state index is 12.7. The Labute approximate surface area is 107 Å². The first-order valence-electron chi connectivity index (χ1n) is 5.50. The molecule has 0 bridgehead atoms. The van der Waals surface area contributed by atoms with Crippen molar-refractivity contribution in [1.29, 1.82) is 0 Å². The molecule has 1 aromatic heterocycles. The Morgan fingerprint density at radius 1 is 1.17 bits per heavy atom. The van der Waals surface area contributed by atoms with Gasteiger partial charge in [-0.05, 0) is 42.6 Å². The smallest absolute Gasteiger partial charge is 0.334 e. The SMILES string of the molecule is CCN(c1cccc(C(F)(F)F)c1)c1cccs1. The zero-order valence-corrected chi connectivity index (χ0v) is 10.6. The summed E-state index contributed by atoms with van der Waals surface area (Å²) < 4.78 is 38.0. The first-order valence-corrected chi connectivity index (χ1v) is 6.38. The van der Waals surface area contributed by atoms with E-state index in [1.807, 2.05) is 29.3 Å². The molecule has 0 aliphatic heterocycles. The highest BCUT2D eigenvalue weighted by molar-refractivity contribution is 7.14. The van der Waals surface area contributed by atoms with Crippen LogP contribution in [0, 0.1) is 0 Å². The van der Waals surface area contributed by atoms with E-state index >= 15 is 0 Å². The third-order valence-electron chi connectivity index (χ3n) is 2.57. The van der Waals surface area contributed by atoms with Gasteiger partial charge in [-0.2, -0.15) is 13.2 Å². The molecular formula is C13H12F3NS. The highest BCUT2D eigenvalue weighted by atomic mass is 32.1. The Morgan fingerprint density at radius 2 is 1.94 bits per heavy atom. The molecule has 2 aromatic rings. The molecule has 0 saturated carbocycles. The maximum atomic E-state index is 12.7. The van der Waals surface area contributed by atoms with E-state index in [0.717, 1.165) is 11.1 Å². The molecule has 0 radical (unpaired) electrons. The van der Waals surface area contributed by atoms with Gasteiger partial charge in [0.25, 0.3) is 0 Å². The summed E-state index contributed by atoms with van der Waals surface area (Å²) in [7, 11) is 0. The summed E-state index contributed by atoms with van der Waals surface area (Å²) in [5.74, 6) is 0. The van der Waals surface area contributed by atoms with Gasteiger partial charge in [0.2, 0.25) is 0 Å². The zero-order chi connectivity index (χ0) is 13.2. The van der Waals surface area contributed by atoms with Crippen molar-refractivity contribution in [2.24, 2.45) is 0 Å². The van der Waals surface area contributed by atoms with E-state index in [4.69, 9.17) is 0 Å². The molecule has 1 nitrogen and oxygen atoms in total. The van der Waals surface area contributed by atoms with Crippen LogP contribution in [0.25, 0.3) is 0 Å². The molecule has 5 heteroatoms. The molecule has 0 atom stereocenters. The second-order valence-corrected chi connectivity index (χ2v) is 4.67. The minimum atomic E-state index is -4.30. The molecular weight excluding hydrogens is 259 g/mol. The number of anilines is 2. The van der Waals surface area contributed by atoms with Crippen LogP contribution in [0.15, 0.2) is 41.8 Å². The summed E-state index contributed by atoms with van der Waals surface area (Å²) in [6.07, 6.45) is -4.30. The molecule has 1 aromatic carbocycles. The summed E-state index contributed by atoms with van der Waals surface area (Å²) in [6.45, 7) is 2.54. The average Bonchev–Trinajstić information content (AvgIpc) is 2.83. The average molecular weight is 271 g/mol. The molecule has 0 N–H and O–H groups in total. The zero-order valence-electron chi connectivity index (χ0n) is 9.74. The van der Waals surface area contributed by atoms with Gasteiger partial charge in [-0.15, -0.1) is 11.3 Å². The largest absolute Gasteiger partial charge is 0.416 e. The normalized spacial score (nSPS) is 11.6. The van der Waals surface area contributed by atoms with Gasteiger partial charge in [0, 0.05) is 12.2 Å². The van der Waals surface area contributed by atoms with Gasteiger partial charge in [-0.25, -0.2) is 0 Å². The Morgan fingerprint density at radius 3 is 2.50 bits per heavy atom. The number of halogens is 3. The Kier molecular flexibility index (Phi) is 3.61. The molecule has 2 rings (SSSR count). The van der Waals surface area contributed by atoms with Crippen molar-refractivity contribution in [1.82, 2.24) is 0 Å². The van der Waals surface area contributed by atoms with E-state index in [1.54, 1.807) is 6.07 Å². The molecule has 0 saturated heterocycles. The quantitative estimate of drug-likeness (QED) is 0.765. The summed E-state index contributed by atoms with van der Waals surface area (Å²) >= 11 is 1.51. The molecule has 0 spiro atoms. The van der Waals surface area contributed by atoms with E-state index < -0.39 is 11.7 Å². The van der Waals surface area contributed by atoms with Gasteiger partial charge in [0.15, 0.2) is 0 Å². The maximum Gasteiger partial charge on any atom is 0.416 e. The van der Waals surface area contributed by atoms with Gasteiger partial charge in [-0.1, -0.05) is 6.07 Å². The van der Waals surface area contributed by atoms with E-state index in [9.17, 15) is 13.2 Å². The van der Waals surface area contributed by atoms with Crippen LogP contribution in [-0.2, 0) is 6.18 Å². The lowest BCUT2D eigenvalue weighted by Crippen LogP contribution is -2.15. The van der Waals surface area contributed by atoms with Gasteiger partial charge in [-0.3, -0.25) is 0 Å². The molecule has 96 valence electrons. The van der Waals surface area contributed by atoms with Crippen LogP contribution in [0.5, 0.6) is 0 Å². The van der Waals surface area contributed by atoms with Crippen molar-refractivity contribution in [3.63, 3.8) is 0 Å². The fourth-order valence-corrected chi connectivity index (χ4v) is 2.55. The van der Waals surface area contributed by atoms with Gasteiger partial charge in [0.1, 0.15) is 0 Å². The van der Waals surface area contributed by atoms with Crippen LogP contribution < -0.4 is 4.90 Å². The van der Waals surface area contributed by atoms with Crippen molar-refractivity contribution in [2.75, 3.05) is 11.4 Å². The Hall–Kier alpha value is -1.49. The third kappa shape index (κ3) is 2.67. The van der Waals surface area contributed by atoms with Crippen LogP contribution in [0.2, 0.25) is 0 Å². The highest BCUT2D eigenvalue weighted by Gasteiger charge is 2.30. The monoisotopic (exact) mass is 271 g/mol. The van der Waals surface area contributed by atoms with Crippen LogP contribution in [0.1, 0.15) is 12.5 Å². The van der Waals surface area contributed by atoms with Crippen LogP contribution in [0.3, 0.4) is 0 Å². The minimum absolute atomic E-state index is 0.565. The number of alkyl halides is 3. The number of thiophene rings is 1. The van der Waals surface area contributed by atoms with Crippen LogP contribution in [-0.4, -0.2) is 6.54 Å². The molecule has 0 amide bonds. The fraction of sp³-hybridized carbons (Fsp3) is 0.231. The van der Waals surface area contributed by atoms with Crippen molar-refractivity contribution in [3.05, 3.63) is 47.3 Å². The van der Waals surface area contributed by atoms with Crippen molar-refractivity contribution in [2.45, 2.75) is 13.1 Å². The van der Waals surface area contributed by atoms with E-state index in [0.29, 0.717) is 12.2 Å². The summed E-state index contributed by atoms with van der Waals surface area (Å²) in [5, 5.41) is 2.85. The molecule has 1 heterocycles. The topological polar surface area (TPSA) is 3.24 Å². The van der Waals surface area contributed by atoms with E-state index in [1.165, 1.54) is 23.5 Å². The number of hydrogen-bond donors (Lipinski definition) is 0. The second-order valence-electron chi connectivity index (χ2n) is 3.74. The van der Waals surface area contributed by atoms with Crippen molar-refractivity contribution in [3.8, 4) is 0 Å². The van der Waals surface area contributed by atoms with Crippen LogP contribution >= 0.6 is 11.3 Å². The standard InChI is InChI=1S/C13H12F3NS/c1-2-17(12-7-4-8-18-12)11-6-3-5-10(9-11)13(14,15)16/h3-9H,2H2,1H3. The Bertz CT molecular complexity index is 505. The lowest BCUT2D eigenvalue weighted by Gasteiger charge is -2.22. The highest BCUT2D eigenvalue weighted by Crippen LogP contribution is 2.34. The lowest BCUT2D eigenvalue weighted by molar-refractivity contribution is -0.137. The van der Waals surface area contributed by atoms with E-state index in [2.05, 4.69) is 0 Å². The van der Waals surface area contributed by atoms with Crippen molar-refractivity contribution < 1.29 is 13.2 Å². The first-order chi connectivity index (χ1) is 8.52. The number of rotatable bonds is 3. The predicted octanol–water partition coefficient (Wildman–Crippen LogP) is 4.92. The van der Waals surface area contributed by atoms with Gasteiger partial charge >= 0.3 is 6.18 Å². The summed E-state index contributed by atoms with van der Waals surface area (Å²) in [5.41, 5.74) is -0.0511. The second kappa shape index (κ2) is 5.02. The van der Waals surface area contributed by atoms with Crippen LogP contribution in [0.4, 0.5) is 23.9 Å². The molecule has 0 fully saturated rings. The molecule has 0 aliphatic rings. The first kappa shape index (κ1) is 13.0. The number of nitrogens with zero attached hydrogens (tertiary/aromatic N) is 1. The fourth-order valence-electron chi connectivity index (χ4n) is 1.74. The third-order valence-corrected chi connectivity index (χ3v) is 3.46. The van der Waals surface area contributed by atoms with Crippen molar-refractivity contribution >= 4 is 22.0 Å². The minimum Gasteiger partial charge on any atom is -0.334 e. The number of benzene rings is 1. The Balaban J connectivity index is 2.38. The van der Waals surface area contributed by atoms with E-state index in [-0.39, 0.29) is 0 Å². The van der Waals surface area contributed by atoms with Gasteiger partial charge in [0.05, 0.1) is 10.6 Å². The number of hydrogen-bond acceptors (Lipinski definition) is 2. The van der Waals surface area contributed by atoms with Gasteiger partial charge < -0.3 is 4.90 Å². The molecule has 0 aliphatic carbocycles. The predicted molar refractivity (Wildman–Crippen MR) is 68.4 cm³/mol.